The van der Waals surface area contributed by atoms with Crippen LogP contribution in [0.1, 0.15) is 44.6 Å². The Morgan fingerprint density at radius 3 is 2.46 bits per heavy atom. The Balaban J connectivity index is 2.97. The van der Waals surface area contributed by atoms with E-state index in [1.54, 1.807) is 14.2 Å². The first-order chi connectivity index (χ1) is 11.7. The number of ether oxygens (including phenoxy) is 3. The summed E-state index contributed by atoms with van der Waals surface area (Å²) in [6.45, 7) is 2.19. The lowest BCUT2D eigenvalue weighted by Crippen LogP contribution is -1.96. The van der Waals surface area contributed by atoms with E-state index in [4.69, 9.17) is 9.47 Å². The average molecular weight is 332 g/mol. The van der Waals surface area contributed by atoms with Gasteiger partial charge in [0.2, 0.25) is 0 Å². The van der Waals surface area contributed by atoms with Crippen molar-refractivity contribution in [1.29, 1.82) is 0 Å². The molecule has 1 aromatic carbocycles. The summed E-state index contributed by atoms with van der Waals surface area (Å²) in [5.74, 6) is 1.20. The molecule has 4 heteroatoms. The van der Waals surface area contributed by atoms with Crippen LogP contribution >= 0.6 is 0 Å². The standard InChI is InChI=1S/C20H28O4/c1-5-6-7-10-16(11-8-9-12-20(21)24-4)17-13-14-18(22-2)19(15-17)23-3/h8-9,11,13-15H,5-7,10,12H2,1-4H3/b9-8+,16-11+. The third-order valence-electron chi connectivity index (χ3n) is 3.75. The highest BCUT2D eigenvalue weighted by Gasteiger charge is 2.08. The van der Waals surface area contributed by atoms with Crippen LogP contribution < -0.4 is 9.47 Å². The summed E-state index contributed by atoms with van der Waals surface area (Å²) in [7, 11) is 4.66. The average Bonchev–Trinajstić information content (AvgIpc) is 2.62. The van der Waals surface area contributed by atoms with Crippen molar-refractivity contribution in [3.05, 3.63) is 42.0 Å². The summed E-state index contributed by atoms with van der Waals surface area (Å²) in [6.07, 6.45) is 10.5. The van der Waals surface area contributed by atoms with Gasteiger partial charge in [-0.3, -0.25) is 4.79 Å². The number of benzene rings is 1. The highest BCUT2D eigenvalue weighted by molar-refractivity contribution is 5.72. The summed E-state index contributed by atoms with van der Waals surface area (Å²) in [5.41, 5.74) is 2.32. The molecule has 0 aliphatic rings. The first kappa shape index (κ1) is 19.8. The molecule has 4 nitrogen and oxygen atoms in total. The molecule has 0 aliphatic carbocycles. The smallest absolute Gasteiger partial charge is 0.309 e. The molecule has 0 unspecified atom stereocenters. The van der Waals surface area contributed by atoms with Crippen molar-refractivity contribution in [3.8, 4) is 11.5 Å². The van der Waals surface area contributed by atoms with Gasteiger partial charge in [0.1, 0.15) is 0 Å². The van der Waals surface area contributed by atoms with Crippen molar-refractivity contribution in [2.75, 3.05) is 21.3 Å². The second kappa shape index (κ2) is 11.3. The van der Waals surface area contributed by atoms with Gasteiger partial charge < -0.3 is 14.2 Å². The van der Waals surface area contributed by atoms with Crippen LogP contribution in [0, 0.1) is 0 Å². The van der Waals surface area contributed by atoms with Gasteiger partial charge in [-0.15, -0.1) is 0 Å². The zero-order valence-corrected chi connectivity index (χ0v) is 15.1. The number of allylic oxidation sites excluding steroid dienone is 3. The molecule has 0 amide bonds. The fourth-order valence-electron chi connectivity index (χ4n) is 2.36. The van der Waals surface area contributed by atoms with Gasteiger partial charge in [0.25, 0.3) is 0 Å². The quantitative estimate of drug-likeness (QED) is 0.351. The molecule has 0 fully saturated rings. The Kier molecular flexibility index (Phi) is 9.35. The molecule has 1 aromatic rings. The molecule has 0 heterocycles. The summed E-state index contributed by atoms with van der Waals surface area (Å²) in [4.78, 5) is 11.2. The van der Waals surface area contributed by atoms with Crippen molar-refractivity contribution in [1.82, 2.24) is 0 Å². The van der Waals surface area contributed by atoms with Crippen molar-refractivity contribution in [2.24, 2.45) is 0 Å². The number of rotatable bonds is 10. The minimum atomic E-state index is -0.238. The van der Waals surface area contributed by atoms with Gasteiger partial charge in [-0.25, -0.2) is 0 Å². The molecular formula is C20H28O4. The van der Waals surface area contributed by atoms with Gasteiger partial charge in [0.15, 0.2) is 11.5 Å². The van der Waals surface area contributed by atoms with Crippen LogP contribution in [0.5, 0.6) is 11.5 Å². The van der Waals surface area contributed by atoms with Crippen LogP contribution in [0.4, 0.5) is 0 Å². The number of carbonyl (C=O) groups excluding carboxylic acids is 1. The van der Waals surface area contributed by atoms with Gasteiger partial charge in [-0.05, 0) is 36.1 Å². The largest absolute Gasteiger partial charge is 0.493 e. The maximum Gasteiger partial charge on any atom is 0.309 e. The number of carbonyl (C=O) groups is 1. The maximum atomic E-state index is 11.2. The molecule has 0 aromatic heterocycles. The minimum Gasteiger partial charge on any atom is -0.493 e. The van der Waals surface area contributed by atoms with Gasteiger partial charge in [0.05, 0.1) is 27.8 Å². The van der Waals surface area contributed by atoms with E-state index in [2.05, 4.69) is 17.7 Å². The van der Waals surface area contributed by atoms with E-state index in [1.807, 2.05) is 30.4 Å². The Morgan fingerprint density at radius 1 is 1.08 bits per heavy atom. The van der Waals surface area contributed by atoms with Crippen molar-refractivity contribution < 1.29 is 19.0 Å². The third kappa shape index (κ3) is 6.49. The van der Waals surface area contributed by atoms with E-state index in [1.165, 1.54) is 25.5 Å². The molecule has 0 saturated carbocycles. The zero-order chi connectivity index (χ0) is 17.8. The molecule has 0 radical (unpaired) electrons. The highest BCUT2D eigenvalue weighted by atomic mass is 16.5. The number of hydrogen-bond donors (Lipinski definition) is 0. The van der Waals surface area contributed by atoms with Crippen LogP contribution in [0.15, 0.2) is 36.4 Å². The van der Waals surface area contributed by atoms with Gasteiger partial charge in [-0.1, -0.05) is 44.1 Å². The van der Waals surface area contributed by atoms with Crippen LogP contribution in [0.3, 0.4) is 0 Å². The predicted molar refractivity (Wildman–Crippen MR) is 97.4 cm³/mol. The van der Waals surface area contributed by atoms with E-state index in [-0.39, 0.29) is 12.4 Å². The van der Waals surface area contributed by atoms with E-state index in [9.17, 15) is 4.79 Å². The van der Waals surface area contributed by atoms with Crippen LogP contribution in [0.2, 0.25) is 0 Å². The van der Waals surface area contributed by atoms with E-state index in [0.717, 1.165) is 29.9 Å². The summed E-state index contributed by atoms with van der Waals surface area (Å²) in [5, 5.41) is 0. The summed E-state index contributed by atoms with van der Waals surface area (Å²) >= 11 is 0. The van der Waals surface area contributed by atoms with Crippen LogP contribution in [-0.2, 0) is 9.53 Å². The SMILES string of the molecule is CCCCC/C(=C\C=C\CC(=O)OC)c1ccc(OC)c(OC)c1. The van der Waals surface area contributed by atoms with E-state index in [0.29, 0.717) is 0 Å². The number of unbranched alkanes of at least 4 members (excludes halogenated alkanes) is 2. The van der Waals surface area contributed by atoms with Crippen LogP contribution in [0.25, 0.3) is 5.57 Å². The Hall–Kier alpha value is -2.23. The summed E-state index contributed by atoms with van der Waals surface area (Å²) in [6, 6.07) is 5.94. The second-order valence-electron chi connectivity index (χ2n) is 5.43. The van der Waals surface area contributed by atoms with Crippen molar-refractivity contribution >= 4 is 11.5 Å². The molecule has 0 saturated heterocycles. The van der Waals surface area contributed by atoms with Gasteiger partial charge in [-0.2, -0.15) is 0 Å². The number of hydrogen-bond acceptors (Lipinski definition) is 4. The molecule has 0 bridgehead atoms. The molecule has 0 N–H and O–H groups in total. The van der Waals surface area contributed by atoms with Crippen LogP contribution in [-0.4, -0.2) is 27.3 Å². The van der Waals surface area contributed by atoms with Crippen molar-refractivity contribution in [3.63, 3.8) is 0 Å². The molecule has 1 rings (SSSR count). The van der Waals surface area contributed by atoms with E-state index >= 15 is 0 Å². The van der Waals surface area contributed by atoms with Gasteiger partial charge in [0, 0.05) is 0 Å². The predicted octanol–water partition coefficient (Wildman–Crippen LogP) is 4.79. The molecular weight excluding hydrogens is 304 g/mol. The lowest BCUT2D eigenvalue weighted by molar-refractivity contribution is -0.139. The third-order valence-corrected chi connectivity index (χ3v) is 3.75. The number of esters is 1. The monoisotopic (exact) mass is 332 g/mol. The highest BCUT2D eigenvalue weighted by Crippen LogP contribution is 2.32. The Labute approximate surface area is 145 Å². The van der Waals surface area contributed by atoms with Gasteiger partial charge >= 0.3 is 5.97 Å². The zero-order valence-electron chi connectivity index (χ0n) is 15.1. The van der Waals surface area contributed by atoms with E-state index < -0.39 is 0 Å². The fraction of sp³-hybridized carbons (Fsp3) is 0.450. The second-order valence-corrected chi connectivity index (χ2v) is 5.43. The lowest BCUT2D eigenvalue weighted by Gasteiger charge is -2.12. The molecule has 0 aliphatic heterocycles. The normalized spacial score (nSPS) is 11.6. The Bertz CT molecular complexity index is 573. The first-order valence-corrected chi connectivity index (χ1v) is 8.31. The summed E-state index contributed by atoms with van der Waals surface area (Å²) < 4.78 is 15.3. The molecule has 24 heavy (non-hydrogen) atoms. The molecule has 132 valence electrons. The van der Waals surface area contributed by atoms with Crippen molar-refractivity contribution in [2.45, 2.75) is 39.0 Å². The first-order valence-electron chi connectivity index (χ1n) is 8.31. The minimum absolute atomic E-state index is 0.238. The molecule has 0 atom stereocenters. The maximum absolute atomic E-state index is 11.2. The fourth-order valence-corrected chi connectivity index (χ4v) is 2.36. The lowest BCUT2D eigenvalue weighted by atomic mass is 9.98. The molecule has 0 spiro atoms. The Morgan fingerprint density at radius 2 is 1.83 bits per heavy atom. The topological polar surface area (TPSA) is 44.8 Å². The number of methoxy groups -OCH3 is 3.